The number of nitrogens with one attached hydrogen (secondary N) is 1. The number of nitrogens with zero attached hydrogens (tertiary/aromatic N) is 1. The highest BCUT2D eigenvalue weighted by Crippen LogP contribution is 2.22. The summed E-state index contributed by atoms with van der Waals surface area (Å²) in [6.07, 6.45) is 1.56. The van der Waals surface area contributed by atoms with Crippen molar-refractivity contribution in [3.8, 4) is 11.8 Å². The fraction of sp³-hybridized carbons (Fsp3) is 0.0370. The number of halogens is 1. The number of carbonyl (C=O) groups excluding carboxylic acids is 1. The molecular formula is C27H19BrN2O2. The van der Waals surface area contributed by atoms with Crippen LogP contribution in [0.2, 0.25) is 0 Å². The topological polar surface area (TPSA) is 62.1 Å². The van der Waals surface area contributed by atoms with Crippen molar-refractivity contribution in [2.24, 2.45) is 0 Å². The third-order valence-electron chi connectivity index (χ3n) is 4.93. The average molecular weight is 483 g/mol. The van der Waals surface area contributed by atoms with Crippen LogP contribution in [0.25, 0.3) is 16.8 Å². The molecule has 4 nitrogen and oxygen atoms in total. The van der Waals surface area contributed by atoms with Gasteiger partial charge in [0.1, 0.15) is 24.0 Å². The molecule has 4 aromatic carbocycles. The first-order valence-corrected chi connectivity index (χ1v) is 10.8. The van der Waals surface area contributed by atoms with Crippen molar-refractivity contribution in [3.63, 3.8) is 0 Å². The Morgan fingerprint density at radius 1 is 0.938 bits per heavy atom. The van der Waals surface area contributed by atoms with E-state index in [4.69, 9.17) is 4.74 Å². The Kier molecular flexibility index (Phi) is 6.64. The van der Waals surface area contributed by atoms with Crippen molar-refractivity contribution in [2.45, 2.75) is 6.61 Å². The van der Waals surface area contributed by atoms with Gasteiger partial charge in [-0.05, 0) is 64.4 Å². The zero-order chi connectivity index (χ0) is 22.3. The third-order valence-corrected chi connectivity index (χ3v) is 5.46. The van der Waals surface area contributed by atoms with E-state index in [1.165, 1.54) is 10.8 Å². The minimum absolute atomic E-state index is 0.0253. The van der Waals surface area contributed by atoms with E-state index in [-0.39, 0.29) is 5.57 Å². The summed E-state index contributed by atoms with van der Waals surface area (Å²) in [5.41, 5.74) is 2.50. The Hall–Kier alpha value is -3.88. The molecule has 0 saturated carbocycles. The van der Waals surface area contributed by atoms with Gasteiger partial charge in [0.25, 0.3) is 5.91 Å². The molecular weight excluding hydrogens is 464 g/mol. The van der Waals surface area contributed by atoms with Crippen LogP contribution in [0.1, 0.15) is 11.1 Å². The first-order valence-electron chi connectivity index (χ1n) is 10.0. The van der Waals surface area contributed by atoms with Gasteiger partial charge in [-0.2, -0.15) is 5.26 Å². The molecule has 0 heterocycles. The second-order valence-corrected chi connectivity index (χ2v) is 8.04. The van der Waals surface area contributed by atoms with Crippen LogP contribution in [0, 0.1) is 11.3 Å². The quantitative estimate of drug-likeness (QED) is 0.244. The first kappa shape index (κ1) is 21.4. The van der Waals surface area contributed by atoms with Crippen LogP contribution in [0.4, 0.5) is 5.69 Å². The number of carbonyl (C=O) groups is 1. The summed E-state index contributed by atoms with van der Waals surface area (Å²) in [5, 5.41) is 14.5. The molecule has 5 heteroatoms. The van der Waals surface area contributed by atoms with Crippen LogP contribution >= 0.6 is 15.9 Å². The Labute approximate surface area is 194 Å². The summed E-state index contributed by atoms with van der Waals surface area (Å²) in [5.74, 6) is 0.263. The van der Waals surface area contributed by atoms with E-state index in [0.29, 0.717) is 18.0 Å². The lowest BCUT2D eigenvalue weighted by atomic mass is 10.1. The van der Waals surface area contributed by atoms with Crippen molar-refractivity contribution >= 4 is 44.4 Å². The van der Waals surface area contributed by atoms with E-state index in [2.05, 4.69) is 45.5 Å². The number of anilines is 1. The van der Waals surface area contributed by atoms with Crippen molar-refractivity contribution in [1.29, 1.82) is 5.26 Å². The minimum Gasteiger partial charge on any atom is -0.489 e. The largest absolute Gasteiger partial charge is 0.489 e. The van der Waals surface area contributed by atoms with E-state index in [1.807, 2.05) is 60.7 Å². The molecule has 4 rings (SSSR count). The molecule has 4 aromatic rings. The monoisotopic (exact) mass is 482 g/mol. The van der Waals surface area contributed by atoms with E-state index in [9.17, 15) is 10.1 Å². The minimum atomic E-state index is -0.453. The van der Waals surface area contributed by atoms with Gasteiger partial charge in [-0.1, -0.05) is 70.5 Å². The fourth-order valence-electron chi connectivity index (χ4n) is 3.29. The van der Waals surface area contributed by atoms with E-state index >= 15 is 0 Å². The van der Waals surface area contributed by atoms with E-state index < -0.39 is 5.91 Å². The molecule has 0 aliphatic carbocycles. The van der Waals surface area contributed by atoms with Gasteiger partial charge in [-0.3, -0.25) is 4.79 Å². The van der Waals surface area contributed by atoms with Gasteiger partial charge in [0.15, 0.2) is 0 Å². The van der Waals surface area contributed by atoms with Crippen LogP contribution in [-0.2, 0) is 11.4 Å². The molecule has 0 aliphatic rings. The fourth-order valence-corrected chi connectivity index (χ4v) is 3.55. The molecule has 0 spiro atoms. The van der Waals surface area contributed by atoms with Gasteiger partial charge in [-0.25, -0.2) is 0 Å². The van der Waals surface area contributed by atoms with Crippen molar-refractivity contribution in [2.75, 3.05) is 5.32 Å². The summed E-state index contributed by atoms with van der Waals surface area (Å²) in [7, 11) is 0. The molecule has 0 aromatic heterocycles. The summed E-state index contributed by atoms with van der Waals surface area (Å²) in [6.45, 7) is 0.454. The number of rotatable bonds is 6. The standard InChI is InChI=1S/C27H19BrN2O2/c28-23-10-12-24(13-11-23)30-27(31)22(17-29)16-19-8-14-25(15-9-19)32-18-21-6-3-5-20-4-1-2-7-26(20)21/h1-16H,18H2,(H,30,31)/b22-16-. The maximum absolute atomic E-state index is 12.4. The normalized spacial score (nSPS) is 11.1. The number of hydrogen-bond acceptors (Lipinski definition) is 3. The predicted octanol–water partition coefficient (Wildman–Crippen LogP) is 6.73. The van der Waals surface area contributed by atoms with Gasteiger partial charge in [-0.15, -0.1) is 0 Å². The summed E-state index contributed by atoms with van der Waals surface area (Å²) < 4.78 is 6.87. The Morgan fingerprint density at radius 2 is 1.66 bits per heavy atom. The second kappa shape index (κ2) is 9.95. The first-order chi connectivity index (χ1) is 15.6. The average Bonchev–Trinajstić information content (AvgIpc) is 2.83. The highest BCUT2D eigenvalue weighted by atomic mass is 79.9. The predicted molar refractivity (Wildman–Crippen MR) is 131 cm³/mol. The smallest absolute Gasteiger partial charge is 0.266 e. The number of benzene rings is 4. The number of nitriles is 1. The molecule has 0 bridgehead atoms. The van der Waals surface area contributed by atoms with Crippen LogP contribution < -0.4 is 10.1 Å². The van der Waals surface area contributed by atoms with Crippen LogP contribution in [0.15, 0.2) is 101 Å². The molecule has 0 saturated heterocycles. The zero-order valence-corrected chi connectivity index (χ0v) is 18.7. The maximum atomic E-state index is 12.4. The Morgan fingerprint density at radius 3 is 2.41 bits per heavy atom. The Bertz CT molecular complexity index is 1320. The van der Waals surface area contributed by atoms with Gasteiger partial charge in [0, 0.05) is 10.2 Å². The van der Waals surface area contributed by atoms with Crippen molar-refractivity contribution < 1.29 is 9.53 Å². The van der Waals surface area contributed by atoms with Crippen molar-refractivity contribution in [1.82, 2.24) is 0 Å². The number of hydrogen-bond donors (Lipinski definition) is 1. The van der Waals surface area contributed by atoms with Crippen molar-refractivity contribution in [3.05, 3.63) is 112 Å². The van der Waals surface area contributed by atoms with Crippen LogP contribution in [0.5, 0.6) is 5.75 Å². The van der Waals surface area contributed by atoms with Gasteiger partial charge < -0.3 is 10.1 Å². The summed E-state index contributed by atoms with van der Waals surface area (Å²) >= 11 is 3.35. The molecule has 32 heavy (non-hydrogen) atoms. The lowest BCUT2D eigenvalue weighted by Crippen LogP contribution is -2.13. The van der Waals surface area contributed by atoms with Crippen LogP contribution in [0.3, 0.4) is 0 Å². The molecule has 0 aliphatic heterocycles. The summed E-state index contributed by atoms with van der Waals surface area (Å²) in [4.78, 5) is 12.4. The Balaban J connectivity index is 1.43. The number of amides is 1. The lowest BCUT2D eigenvalue weighted by molar-refractivity contribution is -0.112. The molecule has 0 radical (unpaired) electrons. The van der Waals surface area contributed by atoms with Crippen LogP contribution in [-0.4, -0.2) is 5.91 Å². The zero-order valence-electron chi connectivity index (χ0n) is 17.1. The van der Waals surface area contributed by atoms with E-state index in [1.54, 1.807) is 18.2 Å². The number of fused-ring (bicyclic) bond motifs is 1. The highest BCUT2D eigenvalue weighted by Gasteiger charge is 2.10. The molecule has 0 unspecified atom stereocenters. The maximum Gasteiger partial charge on any atom is 0.266 e. The van der Waals surface area contributed by atoms with Gasteiger partial charge in [0.05, 0.1) is 0 Å². The molecule has 1 amide bonds. The van der Waals surface area contributed by atoms with Gasteiger partial charge >= 0.3 is 0 Å². The number of ether oxygens (including phenoxy) is 1. The molecule has 156 valence electrons. The molecule has 0 fully saturated rings. The second-order valence-electron chi connectivity index (χ2n) is 7.13. The van der Waals surface area contributed by atoms with E-state index in [0.717, 1.165) is 15.6 Å². The third kappa shape index (κ3) is 5.23. The summed E-state index contributed by atoms with van der Waals surface area (Å²) in [6, 6.07) is 30.8. The SMILES string of the molecule is N#C/C(=C/c1ccc(OCc2cccc3ccccc23)cc1)C(=O)Nc1ccc(Br)cc1. The highest BCUT2D eigenvalue weighted by molar-refractivity contribution is 9.10. The lowest BCUT2D eigenvalue weighted by Gasteiger charge is -2.09. The van der Waals surface area contributed by atoms with Gasteiger partial charge in [0.2, 0.25) is 0 Å². The molecule has 0 atom stereocenters. The molecule has 1 N–H and O–H groups in total.